The summed E-state index contributed by atoms with van der Waals surface area (Å²) in [5, 5.41) is 15.8. The number of hydrogen-bond acceptors (Lipinski definition) is 4. The average Bonchev–Trinajstić information content (AvgIpc) is 2.94. The van der Waals surface area contributed by atoms with Crippen molar-refractivity contribution in [1.82, 2.24) is 9.78 Å². The summed E-state index contributed by atoms with van der Waals surface area (Å²) >= 11 is 5.91. The maximum atomic E-state index is 12.3. The van der Waals surface area contributed by atoms with Crippen molar-refractivity contribution >= 4 is 29.2 Å². The van der Waals surface area contributed by atoms with Gasteiger partial charge in [0.15, 0.2) is 0 Å². The van der Waals surface area contributed by atoms with Gasteiger partial charge in [-0.3, -0.25) is 14.3 Å². The Morgan fingerprint density at radius 3 is 2.91 bits per heavy atom. The van der Waals surface area contributed by atoms with Crippen LogP contribution in [0.5, 0.6) is 5.75 Å². The molecule has 0 aliphatic heterocycles. The second-order valence-corrected chi connectivity index (χ2v) is 5.22. The Kier molecular flexibility index (Phi) is 5.59. The molecule has 0 unspecified atom stereocenters. The number of amides is 1. The minimum absolute atomic E-state index is 0.0707. The first kappa shape index (κ1) is 16.8. The average molecular weight is 338 g/mol. The van der Waals surface area contributed by atoms with E-state index >= 15 is 0 Å². The maximum absolute atomic E-state index is 12.3. The SMILES string of the molecule is COc1ccc(Cl)cc1C(=O)Nc1cnn(CCCC(=O)O)c1. The molecule has 8 heteroatoms. The normalized spacial score (nSPS) is 10.3. The molecule has 0 aliphatic rings. The molecule has 0 saturated carbocycles. The van der Waals surface area contributed by atoms with E-state index < -0.39 is 5.97 Å². The summed E-state index contributed by atoms with van der Waals surface area (Å²) in [6, 6.07) is 4.78. The standard InChI is InChI=1S/C15H16ClN3O4/c1-23-13-5-4-10(16)7-12(13)15(22)18-11-8-17-19(9-11)6-2-3-14(20)21/h4-5,7-9H,2-3,6H2,1H3,(H,18,22)(H,20,21). The van der Waals surface area contributed by atoms with Gasteiger partial charge < -0.3 is 15.2 Å². The van der Waals surface area contributed by atoms with Gasteiger partial charge in [-0.2, -0.15) is 5.10 Å². The number of benzene rings is 1. The number of aromatic nitrogens is 2. The fourth-order valence-corrected chi connectivity index (χ4v) is 2.17. The molecule has 0 spiro atoms. The molecule has 0 fully saturated rings. The number of carbonyl (C=O) groups is 2. The second-order valence-electron chi connectivity index (χ2n) is 4.79. The Labute approximate surface area is 137 Å². The van der Waals surface area contributed by atoms with Crippen LogP contribution >= 0.6 is 11.6 Å². The zero-order valence-corrected chi connectivity index (χ0v) is 13.2. The maximum Gasteiger partial charge on any atom is 0.303 e. The molecule has 0 radical (unpaired) electrons. The fourth-order valence-electron chi connectivity index (χ4n) is 2.00. The number of aliphatic carboxylic acids is 1. The Morgan fingerprint density at radius 1 is 1.43 bits per heavy atom. The van der Waals surface area contributed by atoms with Crippen LogP contribution < -0.4 is 10.1 Å². The Bertz CT molecular complexity index is 714. The van der Waals surface area contributed by atoms with Crippen LogP contribution in [0.2, 0.25) is 5.02 Å². The number of rotatable bonds is 7. The summed E-state index contributed by atoms with van der Waals surface area (Å²) in [4.78, 5) is 22.8. The molecular weight excluding hydrogens is 322 g/mol. The van der Waals surface area contributed by atoms with Crippen molar-refractivity contribution in [2.24, 2.45) is 0 Å². The molecule has 1 aromatic carbocycles. The molecule has 2 aromatic rings. The number of anilines is 1. The third-order valence-corrected chi connectivity index (χ3v) is 3.31. The number of ether oxygens (including phenoxy) is 1. The lowest BCUT2D eigenvalue weighted by Gasteiger charge is -2.08. The van der Waals surface area contributed by atoms with Crippen molar-refractivity contribution in [3.05, 3.63) is 41.2 Å². The van der Waals surface area contributed by atoms with Crippen LogP contribution in [0, 0.1) is 0 Å². The van der Waals surface area contributed by atoms with Crippen LogP contribution in [0.15, 0.2) is 30.6 Å². The van der Waals surface area contributed by atoms with E-state index in [9.17, 15) is 9.59 Å². The summed E-state index contributed by atoms with van der Waals surface area (Å²) in [5.41, 5.74) is 0.825. The largest absolute Gasteiger partial charge is 0.496 e. The molecule has 1 amide bonds. The summed E-state index contributed by atoms with van der Waals surface area (Å²) in [6.07, 6.45) is 3.67. The Balaban J connectivity index is 2.02. The first-order valence-corrected chi connectivity index (χ1v) is 7.26. The molecule has 2 rings (SSSR count). The molecule has 1 aromatic heterocycles. The zero-order valence-electron chi connectivity index (χ0n) is 12.5. The zero-order chi connectivity index (χ0) is 16.8. The fraction of sp³-hybridized carbons (Fsp3) is 0.267. The van der Waals surface area contributed by atoms with E-state index in [2.05, 4.69) is 10.4 Å². The van der Waals surface area contributed by atoms with Crippen LogP contribution in [0.3, 0.4) is 0 Å². The van der Waals surface area contributed by atoms with Gasteiger partial charge in [-0.05, 0) is 24.6 Å². The molecule has 2 N–H and O–H groups in total. The van der Waals surface area contributed by atoms with Crippen molar-refractivity contribution < 1.29 is 19.4 Å². The van der Waals surface area contributed by atoms with E-state index in [1.165, 1.54) is 19.4 Å². The minimum Gasteiger partial charge on any atom is -0.496 e. The highest BCUT2D eigenvalue weighted by Gasteiger charge is 2.14. The van der Waals surface area contributed by atoms with E-state index in [1.54, 1.807) is 23.0 Å². The van der Waals surface area contributed by atoms with Crippen molar-refractivity contribution in [3.8, 4) is 5.75 Å². The number of aryl methyl sites for hydroxylation is 1. The lowest BCUT2D eigenvalue weighted by Crippen LogP contribution is -2.12. The van der Waals surface area contributed by atoms with Crippen LogP contribution in [-0.2, 0) is 11.3 Å². The minimum atomic E-state index is -0.848. The van der Waals surface area contributed by atoms with E-state index in [1.807, 2.05) is 0 Å². The first-order valence-electron chi connectivity index (χ1n) is 6.88. The van der Waals surface area contributed by atoms with E-state index in [4.69, 9.17) is 21.4 Å². The number of carboxylic acids is 1. The smallest absolute Gasteiger partial charge is 0.303 e. The van der Waals surface area contributed by atoms with Crippen LogP contribution in [-0.4, -0.2) is 33.9 Å². The quantitative estimate of drug-likeness (QED) is 0.810. The van der Waals surface area contributed by atoms with Gasteiger partial charge in [0.05, 0.1) is 24.6 Å². The molecule has 0 saturated heterocycles. The van der Waals surface area contributed by atoms with Crippen LogP contribution in [0.25, 0.3) is 0 Å². The van der Waals surface area contributed by atoms with Crippen LogP contribution in [0.1, 0.15) is 23.2 Å². The van der Waals surface area contributed by atoms with Crippen LogP contribution in [0.4, 0.5) is 5.69 Å². The van der Waals surface area contributed by atoms with E-state index in [-0.39, 0.29) is 12.3 Å². The summed E-state index contributed by atoms with van der Waals surface area (Å²) in [7, 11) is 1.47. The molecule has 7 nitrogen and oxygen atoms in total. The highest BCUT2D eigenvalue weighted by atomic mass is 35.5. The lowest BCUT2D eigenvalue weighted by molar-refractivity contribution is -0.137. The molecular formula is C15H16ClN3O4. The van der Waals surface area contributed by atoms with Crippen molar-refractivity contribution in [1.29, 1.82) is 0 Å². The Hall–Kier alpha value is -2.54. The van der Waals surface area contributed by atoms with Gasteiger partial charge in [-0.25, -0.2) is 0 Å². The van der Waals surface area contributed by atoms with Gasteiger partial charge in [0, 0.05) is 24.2 Å². The molecule has 1 heterocycles. The lowest BCUT2D eigenvalue weighted by atomic mass is 10.2. The van der Waals surface area contributed by atoms with Crippen molar-refractivity contribution in [2.75, 3.05) is 12.4 Å². The number of halogens is 1. The molecule has 23 heavy (non-hydrogen) atoms. The summed E-state index contributed by atoms with van der Waals surface area (Å²) in [5.74, 6) is -0.797. The third-order valence-electron chi connectivity index (χ3n) is 3.08. The first-order chi connectivity index (χ1) is 11.0. The topological polar surface area (TPSA) is 93.5 Å². The van der Waals surface area contributed by atoms with Gasteiger partial charge in [0.2, 0.25) is 0 Å². The van der Waals surface area contributed by atoms with Crippen molar-refractivity contribution in [3.63, 3.8) is 0 Å². The number of nitrogens with one attached hydrogen (secondary N) is 1. The summed E-state index contributed by atoms with van der Waals surface area (Å²) in [6.45, 7) is 0.461. The monoisotopic (exact) mass is 337 g/mol. The number of methoxy groups -OCH3 is 1. The van der Waals surface area contributed by atoms with Gasteiger partial charge >= 0.3 is 5.97 Å². The van der Waals surface area contributed by atoms with Crippen molar-refractivity contribution in [2.45, 2.75) is 19.4 Å². The van der Waals surface area contributed by atoms with Gasteiger partial charge in [-0.1, -0.05) is 11.6 Å². The molecule has 0 bridgehead atoms. The second kappa shape index (κ2) is 7.64. The number of nitrogens with zero attached hydrogens (tertiary/aromatic N) is 2. The highest BCUT2D eigenvalue weighted by molar-refractivity contribution is 6.31. The predicted molar refractivity (Wildman–Crippen MR) is 85.1 cm³/mol. The highest BCUT2D eigenvalue weighted by Crippen LogP contribution is 2.23. The van der Waals surface area contributed by atoms with Gasteiger partial charge in [0.25, 0.3) is 5.91 Å². The predicted octanol–water partition coefficient (Wildman–Crippen LogP) is 2.66. The number of carboxylic acid groups (broad SMARTS) is 1. The molecule has 0 aliphatic carbocycles. The summed E-state index contributed by atoms with van der Waals surface area (Å²) < 4.78 is 6.72. The van der Waals surface area contributed by atoms with E-state index in [0.717, 1.165) is 0 Å². The van der Waals surface area contributed by atoms with E-state index in [0.29, 0.717) is 35.0 Å². The number of carbonyl (C=O) groups excluding carboxylic acids is 1. The van der Waals surface area contributed by atoms with Gasteiger partial charge in [0.1, 0.15) is 5.75 Å². The molecule has 122 valence electrons. The third kappa shape index (κ3) is 4.72. The van der Waals surface area contributed by atoms with Gasteiger partial charge in [-0.15, -0.1) is 0 Å². The molecule has 0 atom stereocenters. The number of hydrogen-bond donors (Lipinski definition) is 2. The Morgan fingerprint density at radius 2 is 2.22 bits per heavy atom.